The Morgan fingerprint density at radius 2 is 1.71 bits per heavy atom. The number of benzene rings is 1. The lowest BCUT2D eigenvalue weighted by Gasteiger charge is -2.21. The number of quaternary nitrogens is 1. The molecule has 24 heavy (non-hydrogen) atoms. The maximum Gasteiger partial charge on any atom is 0.141 e. The van der Waals surface area contributed by atoms with Gasteiger partial charge in [0.2, 0.25) is 0 Å². The number of nitrogens with one attached hydrogen (secondary N) is 1. The molecule has 1 aromatic rings. The van der Waals surface area contributed by atoms with Gasteiger partial charge in [-0.3, -0.25) is 4.79 Å². The van der Waals surface area contributed by atoms with Crippen molar-refractivity contribution in [3.8, 4) is 11.5 Å². The lowest BCUT2D eigenvalue weighted by molar-refractivity contribution is -0.879. The van der Waals surface area contributed by atoms with Crippen LogP contribution in [-0.4, -0.2) is 39.6 Å². The predicted octanol–water partition coefficient (Wildman–Crippen LogP) is -0.868. The fourth-order valence-electron chi connectivity index (χ4n) is 3.11. The quantitative estimate of drug-likeness (QED) is 0.626. The van der Waals surface area contributed by atoms with Gasteiger partial charge in [-0.15, -0.1) is 0 Å². The van der Waals surface area contributed by atoms with Crippen molar-refractivity contribution in [2.45, 2.75) is 38.5 Å². The highest BCUT2D eigenvalue weighted by Gasteiger charge is 2.21. The summed E-state index contributed by atoms with van der Waals surface area (Å²) in [4.78, 5) is 13.6. The molecule has 0 aliphatic heterocycles. The lowest BCUT2D eigenvalue weighted by Crippen LogP contribution is -3.09. The number of ether oxygens (including phenoxy) is 2. The van der Waals surface area contributed by atoms with Gasteiger partial charge in [-0.25, -0.2) is 0 Å². The van der Waals surface area contributed by atoms with E-state index >= 15 is 0 Å². The first kappa shape index (κ1) is 20.8. The minimum atomic E-state index is 0. The number of rotatable bonds is 9. The van der Waals surface area contributed by atoms with E-state index < -0.39 is 0 Å². The van der Waals surface area contributed by atoms with Crippen LogP contribution in [0.25, 0.3) is 0 Å². The molecule has 1 aliphatic rings. The summed E-state index contributed by atoms with van der Waals surface area (Å²) in [7, 11) is 3.79. The molecule has 0 saturated heterocycles. The zero-order chi connectivity index (χ0) is 16.5. The molecule has 1 atom stereocenters. The van der Waals surface area contributed by atoms with Gasteiger partial charge in [-0.05, 0) is 37.1 Å². The number of ketones is 1. The Labute approximate surface area is 151 Å². The van der Waals surface area contributed by atoms with Crippen LogP contribution >= 0.6 is 0 Å². The Hall–Kier alpha value is -1.26. The summed E-state index contributed by atoms with van der Waals surface area (Å²) >= 11 is 0. The molecule has 1 fully saturated rings. The highest BCUT2D eigenvalue weighted by molar-refractivity contribution is 5.81. The van der Waals surface area contributed by atoms with E-state index in [1.165, 1.54) is 24.2 Å². The highest BCUT2D eigenvalue weighted by Crippen LogP contribution is 2.24. The average Bonchev–Trinajstić information content (AvgIpc) is 2.61. The highest BCUT2D eigenvalue weighted by atomic mass is 35.5. The summed E-state index contributed by atoms with van der Waals surface area (Å²) in [5.41, 5.74) is 0. The standard InChI is InChI=1S/C19H29NO3.ClH/c1-20(13-12-19(21)16-6-4-3-5-7-16)14-15-23-18-10-8-17(22-2)9-11-18;/h8-11,16H,3-7,12-15H2,1-2H3;1H. The third kappa shape index (κ3) is 7.10. The van der Waals surface area contributed by atoms with Crippen molar-refractivity contribution in [1.29, 1.82) is 0 Å². The van der Waals surface area contributed by atoms with Gasteiger partial charge in [0, 0.05) is 5.92 Å². The molecule has 4 nitrogen and oxygen atoms in total. The summed E-state index contributed by atoms with van der Waals surface area (Å²) in [6.45, 7) is 2.47. The molecular formula is C19H30ClNO3. The molecule has 1 aromatic carbocycles. The molecular weight excluding hydrogens is 326 g/mol. The third-order valence-corrected chi connectivity index (χ3v) is 4.72. The Kier molecular flexibility index (Phi) is 9.80. The van der Waals surface area contributed by atoms with Crippen LogP contribution in [-0.2, 0) is 4.79 Å². The van der Waals surface area contributed by atoms with Crippen LogP contribution in [0.15, 0.2) is 24.3 Å². The van der Waals surface area contributed by atoms with Gasteiger partial charge >= 0.3 is 0 Å². The Bertz CT molecular complexity index is 472. The van der Waals surface area contributed by atoms with Gasteiger partial charge in [0.25, 0.3) is 0 Å². The summed E-state index contributed by atoms with van der Waals surface area (Å²) in [5.74, 6) is 2.51. The van der Waals surface area contributed by atoms with Gasteiger partial charge in [0.15, 0.2) is 0 Å². The minimum Gasteiger partial charge on any atom is -1.00 e. The van der Waals surface area contributed by atoms with Crippen LogP contribution in [0.3, 0.4) is 0 Å². The van der Waals surface area contributed by atoms with Gasteiger partial charge in [-0.1, -0.05) is 19.3 Å². The fraction of sp³-hybridized carbons (Fsp3) is 0.632. The number of Topliss-reactive ketones (excluding diaryl/α,β-unsaturated/α-hetero) is 1. The van der Waals surface area contributed by atoms with E-state index in [-0.39, 0.29) is 12.4 Å². The molecule has 1 saturated carbocycles. The summed E-state index contributed by atoms with van der Waals surface area (Å²) in [6.07, 6.45) is 6.69. The van der Waals surface area contributed by atoms with E-state index in [1.54, 1.807) is 7.11 Å². The molecule has 2 rings (SSSR count). The van der Waals surface area contributed by atoms with Crippen LogP contribution < -0.4 is 26.8 Å². The normalized spacial score (nSPS) is 16.1. The van der Waals surface area contributed by atoms with E-state index in [4.69, 9.17) is 9.47 Å². The topological polar surface area (TPSA) is 40.0 Å². The van der Waals surface area contributed by atoms with Crippen molar-refractivity contribution in [3.63, 3.8) is 0 Å². The molecule has 0 spiro atoms. The number of hydrogen-bond acceptors (Lipinski definition) is 3. The summed E-state index contributed by atoms with van der Waals surface area (Å²) in [6, 6.07) is 7.63. The Morgan fingerprint density at radius 3 is 2.33 bits per heavy atom. The zero-order valence-corrected chi connectivity index (χ0v) is 15.6. The van der Waals surface area contributed by atoms with Gasteiger partial charge in [0.05, 0.1) is 27.1 Å². The van der Waals surface area contributed by atoms with E-state index in [0.29, 0.717) is 24.7 Å². The van der Waals surface area contributed by atoms with Crippen molar-refractivity contribution in [2.75, 3.05) is 33.9 Å². The van der Waals surface area contributed by atoms with Gasteiger partial charge in [0.1, 0.15) is 30.4 Å². The van der Waals surface area contributed by atoms with E-state index in [1.807, 2.05) is 24.3 Å². The predicted molar refractivity (Wildman–Crippen MR) is 91.3 cm³/mol. The molecule has 1 unspecified atom stereocenters. The molecule has 5 heteroatoms. The number of methoxy groups -OCH3 is 1. The van der Waals surface area contributed by atoms with Crippen molar-refractivity contribution >= 4 is 5.78 Å². The van der Waals surface area contributed by atoms with Crippen molar-refractivity contribution in [1.82, 2.24) is 0 Å². The molecule has 1 N–H and O–H groups in total. The van der Waals surface area contributed by atoms with Gasteiger partial charge < -0.3 is 26.8 Å². The van der Waals surface area contributed by atoms with Crippen LogP contribution in [0.2, 0.25) is 0 Å². The minimum absolute atomic E-state index is 0. The smallest absolute Gasteiger partial charge is 0.141 e. The largest absolute Gasteiger partial charge is 1.00 e. The number of halogens is 1. The third-order valence-electron chi connectivity index (χ3n) is 4.72. The van der Waals surface area contributed by atoms with E-state index in [2.05, 4.69) is 7.05 Å². The maximum absolute atomic E-state index is 12.2. The second-order valence-corrected chi connectivity index (χ2v) is 6.53. The summed E-state index contributed by atoms with van der Waals surface area (Å²) in [5, 5.41) is 0. The van der Waals surface area contributed by atoms with Gasteiger partial charge in [-0.2, -0.15) is 0 Å². The second kappa shape index (κ2) is 11.3. The number of likely N-dealkylation sites (N-methyl/N-ethyl adjacent to an activating group) is 1. The number of carbonyl (C=O) groups excluding carboxylic acids is 1. The Morgan fingerprint density at radius 1 is 1.08 bits per heavy atom. The molecule has 0 amide bonds. The SMILES string of the molecule is COc1ccc(OCC[NH+](C)CCC(=O)C2CCCCC2)cc1.[Cl-]. The van der Waals surface area contributed by atoms with Crippen molar-refractivity contribution < 1.29 is 31.6 Å². The second-order valence-electron chi connectivity index (χ2n) is 6.53. The number of hydrogen-bond donors (Lipinski definition) is 1. The summed E-state index contributed by atoms with van der Waals surface area (Å²) < 4.78 is 10.9. The molecule has 1 aliphatic carbocycles. The first-order valence-electron chi connectivity index (χ1n) is 8.80. The van der Waals surface area contributed by atoms with E-state index in [0.717, 1.165) is 37.4 Å². The Balaban J connectivity index is 0.00000288. The molecule has 0 bridgehead atoms. The molecule has 0 heterocycles. The van der Waals surface area contributed by atoms with Crippen LogP contribution in [0, 0.1) is 5.92 Å². The van der Waals surface area contributed by atoms with Crippen LogP contribution in [0.1, 0.15) is 38.5 Å². The first-order valence-corrected chi connectivity index (χ1v) is 8.80. The van der Waals surface area contributed by atoms with Crippen LogP contribution in [0.4, 0.5) is 0 Å². The monoisotopic (exact) mass is 355 g/mol. The first-order chi connectivity index (χ1) is 11.2. The molecule has 0 radical (unpaired) electrons. The van der Waals surface area contributed by atoms with Crippen LogP contribution in [0.5, 0.6) is 11.5 Å². The average molecular weight is 356 g/mol. The molecule has 0 aromatic heterocycles. The van der Waals surface area contributed by atoms with Crippen molar-refractivity contribution in [2.24, 2.45) is 5.92 Å². The lowest BCUT2D eigenvalue weighted by atomic mass is 9.85. The van der Waals surface area contributed by atoms with E-state index in [9.17, 15) is 4.79 Å². The maximum atomic E-state index is 12.2. The fourth-order valence-corrected chi connectivity index (χ4v) is 3.11. The van der Waals surface area contributed by atoms with Crippen molar-refractivity contribution in [3.05, 3.63) is 24.3 Å². The number of carbonyl (C=O) groups is 1. The molecule has 136 valence electrons. The zero-order valence-electron chi connectivity index (χ0n) is 14.9.